The van der Waals surface area contributed by atoms with E-state index in [1.807, 2.05) is 0 Å². The van der Waals surface area contributed by atoms with Gasteiger partial charge in [-0.05, 0) is 61.7 Å². The van der Waals surface area contributed by atoms with Gasteiger partial charge < -0.3 is 59.5 Å². The van der Waals surface area contributed by atoms with Crippen LogP contribution in [0.15, 0.2) is 60.7 Å². The van der Waals surface area contributed by atoms with E-state index in [-0.39, 0.29) is 44.7 Å². The Morgan fingerprint density at radius 3 is 1.38 bits per heavy atom. The molecule has 0 saturated heterocycles. The molecule has 0 aromatic heterocycles. The number of carboxylic acids is 1. The molecule has 2 rings (SSSR count). The number of amides is 8. The summed E-state index contributed by atoms with van der Waals surface area (Å²) in [5.41, 5.74) is 18.2. The van der Waals surface area contributed by atoms with Gasteiger partial charge in [-0.15, -0.1) is 0 Å². The minimum atomic E-state index is -1.60. The number of nitrogens with one attached hydrogen (secondary N) is 7. The Balaban J connectivity index is 2.51. The lowest BCUT2D eigenvalue weighted by Gasteiger charge is -2.28. The van der Waals surface area contributed by atoms with E-state index in [2.05, 4.69) is 37.2 Å². The molecular weight excluding hydrogens is 841 g/mol. The summed E-state index contributed by atoms with van der Waals surface area (Å²) in [6.45, 7) is 8.30. The first-order valence-corrected chi connectivity index (χ1v) is 21.9. The van der Waals surface area contributed by atoms with Crippen LogP contribution in [0.3, 0.4) is 0 Å². The monoisotopic (exact) mass is 909 g/mol. The van der Waals surface area contributed by atoms with E-state index < -0.39 is 108 Å². The van der Waals surface area contributed by atoms with Crippen molar-refractivity contribution < 1.29 is 48.3 Å². The average Bonchev–Trinajstić information content (AvgIpc) is 3.25. The summed E-state index contributed by atoms with van der Waals surface area (Å²) in [4.78, 5) is 119. The number of rotatable bonds is 29. The van der Waals surface area contributed by atoms with Gasteiger partial charge in [0.05, 0.1) is 6.42 Å². The van der Waals surface area contributed by atoms with E-state index in [1.165, 1.54) is 6.92 Å². The standard InChI is InChI=1S/C45H68N10O10/c1-6-27(4)38(45(64)65)55-43(62)35(25-36(48)57)54-39(58)31(19-13-14-21-46)50-41(60)33(23-29-15-9-7-10-16-29)53-42(61)34(24-30-17-11-8-12-18-30)52-40(59)32(20-22-47)51-44(63)37(26(2)3)49-28(5)56/h7-12,15-18,26-27,31-35,37-38H,6,13-14,19-25,46-47H2,1-5H3,(H2,48,57)(H,49,56)(H,50,60)(H,51,63)(H,52,59)(H,53,61)(H,54,58)(H,55,62)(H,64,65)/t27-,31-,32-,33-,34-,35-,37-,38-/m0/s1. The van der Waals surface area contributed by atoms with Crippen molar-refractivity contribution in [3.63, 3.8) is 0 Å². The van der Waals surface area contributed by atoms with Crippen molar-refractivity contribution >= 4 is 53.2 Å². The molecule has 0 aliphatic rings. The van der Waals surface area contributed by atoms with Crippen LogP contribution in [0.2, 0.25) is 0 Å². The van der Waals surface area contributed by atoms with Gasteiger partial charge in [0, 0.05) is 19.8 Å². The fraction of sp³-hybridized carbons (Fsp3) is 0.533. The van der Waals surface area contributed by atoms with Gasteiger partial charge in [0.1, 0.15) is 42.3 Å². The normalized spacial score (nSPS) is 14.7. The largest absolute Gasteiger partial charge is 0.480 e. The molecule has 0 saturated carbocycles. The fourth-order valence-corrected chi connectivity index (χ4v) is 6.77. The number of primary amides is 1. The highest BCUT2D eigenvalue weighted by molar-refractivity contribution is 5.98. The molecular formula is C45H68N10O10. The number of nitrogens with two attached hydrogens (primary N) is 3. The van der Waals surface area contributed by atoms with E-state index in [0.717, 1.165) is 0 Å². The van der Waals surface area contributed by atoms with Crippen LogP contribution in [0, 0.1) is 11.8 Å². The highest BCUT2D eigenvalue weighted by atomic mass is 16.4. The Kier molecular flexibility index (Phi) is 23.9. The molecule has 65 heavy (non-hydrogen) atoms. The SMILES string of the molecule is CC[C@H](C)[C@H](NC(=O)[C@H](CC(N)=O)NC(=O)[C@H](CCCCN)NC(=O)[C@H](Cc1ccccc1)NC(=O)[C@H](Cc1ccccc1)NC(=O)[C@H](CCN)NC(=O)[C@@H](NC(C)=O)C(C)C)C(=O)O. The molecule has 8 atom stereocenters. The van der Waals surface area contributed by atoms with Crippen LogP contribution in [0.5, 0.6) is 0 Å². The summed E-state index contributed by atoms with van der Waals surface area (Å²) in [5, 5.41) is 27.9. The zero-order valence-electron chi connectivity index (χ0n) is 37.9. The molecule has 8 amide bonds. The van der Waals surface area contributed by atoms with Gasteiger partial charge >= 0.3 is 5.97 Å². The number of hydrogen-bond donors (Lipinski definition) is 11. The minimum Gasteiger partial charge on any atom is -0.480 e. The number of carbonyl (C=O) groups excluding carboxylic acids is 8. The molecule has 0 fully saturated rings. The second-order valence-electron chi connectivity index (χ2n) is 16.3. The molecule has 0 spiro atoms. The lowest BCUT2D eigenvalue weighted by atomic mass is 9.98. The molecule has 0 radical (unpaired) electrons. The van der Waals surface area contributed by atoms with Crippen LogP contribution in [0.1, 0.15) is 84.3 Å². The number of benzene rings is 2. The van der Waals surface area contributed by atoms with Gasteiger partial charge in [0.2, 0.25) is 47.3 Å². The molecule has 0 aliphatic carbocycles. The van der Waals surface area contributed by atoms with Crippen LogP contribution < -0.4 is 54.4 Å². The Labute approximate surface area is 380 Å². The topological polar surface area (TPSA) is 336 Å². The Bertz CT molecular complexity index is 1900. The van der Waals surface area contributed by atoms with Crippen molar-refractivity contribution in [2.24, 2.45) is 29.0 Å². The van der Waals surface area contributed by atoms with Crippen LogP contribution >= 0.6 is 0 Å². The third-order valence-electron chi connectivity index (χ3n) is 10.6. The summed E-state index contributed by atoms with van der Waals surface area (Å²) in [6, 6.07) is 8.28. The summed E-state index contributed by atoms with van der Waals surface area (Å²) in [5.74, 6) is -8.42. The first kappa shape index (κ1) is 54.7. The molecule has 358 valence electrons. The lowest BCUT2D eigenvalue weighted by molar-refractivity contribution is -0.144. The van der Waals surface area contributed by atoms with Crippen molar-refractivity contribution in [1.29, 1.82) is 0 Å². The smallest absolute Gasteiger partial charge is 0.326 e. The predicted octanol–water partition coefficient (Wildman–Crippen LogP) is -0.975. The molecule has 0 unspecified atom stereocenters. The molecule has 2 aromatic carbocycles. The summed E-state index contributed by atoms with van der Waals surface area (Å²) >= 11 is 0. The van der Waals surface area contributed by atoms with E-state index >= 15 is 0 Å². The van der Waals surface area contributed by atoms with Crippen molar-refractivity contribution in [3.8, 4) is 0 Å². The van der Waals surface area contributed by atoms with Gasteiger partial charge in [0.25, 0.3) is 0 Å². The Morgan fingerprint density at radius 1 is 0.538 bits per heavy atom. The average molecular weight is 909 g/mol. The molecule has 20 nitrogen and oxygen atoms in total. The van der Waals surface area contributed by atoms with Crippen LogP contribution in [0.25, 0.3) is 0 Å². The summed E-state index contributed by atoms with van der Waals surface area (Å²) in [7, 11) is 0. The highest BCUT2D eigenvalue weighted by Crippen LogP contribution is 2.12. The maximum Gasteiger partial charge on any atom is 0.326 e. The fourth-order valence-electron chi connectivity index (χ4n) is 6.77. The van der Waals surface area contributed by atoms with E-state index in [0.29, 0.717) is 30.4 Å². The molecule has 0 heterocycles. The highest BCUT2D eigenvalue weighted by Gasteiger charge is 2.35. The summed E-state index contributed by atoms with van der Waals surface area (Å²) in [6.07, 6.45) is 0.362. The molecule has 0 bridgehead atoms. The molecule has 2 aromatic rings. The van der Waals surface area contributed by atoms with Gasteiger partial charge in [0.15, 0.2) is 0 Å². The quantitative estimate of drug-likeness (QED) is 0.0439. The van der Waals surface area contributed by atoms with Crippen molar-refractivity contribution in [1.82, 2.24) is 37.2 Å². The van der Waals surface area contributed by atoms with Gasteiger partial charge in [-0.3, -0.25) is 38.4 Å². The molecule has 0 aliphatic heterocycles. The van der Waals surface area contributed by atoms with Gasteiger partial charge in [-0.25, -0.2) is 4.79 Å². The Hall–Kier alpha value is -6.41. The van der Waals surface area contributed by atoms with E-state index in [4.69, 9.17) is 17.2 Å². The summed E-state index contributed by atoms with van der Waals surface area (Å²) < 4.78 is 0. The van der Waals surface area contributed by atoms with Gasteiger partial charge in [-0.1, -0.05) is 94.8 Å². The van der Waals surface area contributed by atoms with Crippen LogP contribution in [-0.4, -0.2) is 114 Å². The Morgan fingerprint density at radius 2 is 0.969 bits per heavy atom. The second-order valence-corrected chi connectivity index (χ2v) is 16.3. The number of carbonyl (C=O) groups is 9. The van der Waals surface area contributed by atoms with E-state index in [1.54, 1.807) is 88.4 Å². The van der Waals surface area contributed by atoms with Crippen LogP contribution in [0.4, 0.5) is 0 Å². The van der Waals surface area contributed by atoms with Crippen molar-refractivity contribution in [3.05, 3.63) is 71.8 Å². The van der Waals surface area contributed by atoms with Gasteiger partial charge in [-0.2, -0.15) is 0 Å². The minimum absolute atomic E-state index is 0.0108. The zero-order valence-corrected chi connectivity index (χ0v) is 37.9. The van der Waals surface area contributed by atoms with Crippen molar-refractivity contribution in [2.45, 2.75) is 128 Å². The maximum absolute atomic E-state index is 14.4. The molecule has 14 N–H and O–H groups in total. The predicted molar refractivity (Wildman–Crippen MR) is 242 cm³/mol. The first-order valence-electron chi connectivity index (χ1n) is 21.9. The second kappa shape index (κ2) is 28.4. The third-order valence-corrected chi connectivity index (χ3v) is 10.6. The van der Waals surface area contributed by atoms with Crippen LogP contribution in [-0.2, 0) is 56.0 Å². The number of carboxylic acid groups (broad SMARTS) is 1. The molecule has 20 heteroatoms. The lowest BCUT2D eigenvalue weighted by Crippen LogP contribution is -2.61. The first-order chi connectivity index (χ1) is 30.8. The third kappa shape index (κ3) is 19.5. The number of hydrogen-bond acceptors (Lipinski definition) is 11. The maximum atomic E-state index is 14.4. The van der Waals surface area contributed by atoms with E-state index in [9.17, 15) is 48.3 Å². The zero-order chi connectivity index (χ0) is 48.6. The van der Waals surface area contributed by atoms with Crippen molar-refractivity contribution in [2.75, 3.05) is 13.1 Å². The number of unbranched alkanes of at least 4 members (excludes halogenated alkanes) is 1. The number of aliphatic carboxylic acids is 1.